The molecule has 0 bridgehead atoms. The third kappa shape index (κ3) is 2.95. The minimum atomic E-state index is -0.0229. The Morgan fingerprint density at radius 3 is 2.21 bits per heavy atom. The fourth-order valence-corrected chi connectivity index (χ4v) is 3.71. The van der Waals surface area contributed by atoms with Gasteiger partial charge in [0.1, 0.15) is 0 Å². The van der Waals surface area contributed by atoms with E-state index in [0.29, 0.717) is 24.5 Å². The number of hydrogen-bond acceptors (Lipinski definition) is 3. The Bertz CT molecular complexity index is 319. The topological polar surface area (TPSA) is 49.6 Å². The summed E-state index contributed by atoms with van der Waals surface area (Å²) in [6.07, 6.45) is 4.85. The maximum atomic E-state index is 12.7. The van der Waals surface area contributed by atoms with Gasteiger partial charge in [-0.15, -0.1) is 0 Å². The van der Waals surface area contributed by atoms with E-state index in [2.05, 4.69) is 25.7 Å². The summed E-state index contributed by atoms with van der Waals surface area (Å²) >= 11 is 0. The van der Waals surface area contributed by atoms with E-state index in [1.165, 1.54) is 25.7 Å². The van der Waals surface area contributed by atoms with Gasteiger partial charge < -0.3 is 10.6 Å². The summed E-state index contributed by atoms with van der Waals surface area (Å²) < 4.78 is 0. The van der Waals surface area contributed by atoms with Gasteiger partial charge in [-0.3, -0.25) is 9.69 Å². The zero-order chi connectivity index (χ0) is 14.2. The number of hydrogen-bond donors (Lipinski definition) is 1. The quantitative estimate of drug-likeness (QED) is 0.820. The molecule has 4 unspecified atom stereocenters. The van der Waals surface area contributed by atoms with Gasteiger partial charge in [-0.1, -0.05) is 0 Å². The molecule has 1 saturated carbocycles. The van der Waals surface area contributed by atoms with Gasteiger partial charge in [-0.2, -0.15) is 0 Å². The second kappa shape index (κ2) is 5.80. The first-order valence-corrected chi connectivity index (χ1v) is 7.71. The highest BCUT2D eigenvalue weighted by Crippen LogP contribution is 2.35. The molecule has 19 heavy (non-hydrogen) atoms. The van der Waals surface area contributed by atoms with Crippen LogP contribution in [0.2, 0.25) is 0 Å². The van der Waals surface area contributed by atoms with E-state index < -0.39 is 0 Å². The van der Waals surface area contributed by atoms with Crippen LogP contribution in [0.4, 0.5) is 0 Å². The molecule has 0 spiro atoms. The van der Waals surface area contributed by atoms with Gasteiger partial charge in [0.25, 0.3) is 0 Å². The standard InChI is InChI=1S/C15H29N3O/c1-10-5-6-11(2)18(10)12(3)15(19)17(4)14(9-16)13-7-8-13/h10-14H,5-9,16H2,1-4H3. The van der Waals surface area contributed by atoms with E-state index in [1.54, 1.807) is 0 Å². The van der Waals surface area contributed by atoms with Crippen molar-refractivity contribution in [1.29, 1.82) is 0 Å². The number of amides is 1. The van der Waals surface area contributed by atoms with Gasteiger partial charge in [0.2, 0.25) is 5.91 Å². The summed E-state index contributed by atoms with van der Waals surface area (Å²) in [5, 5.41) is 0. The van der Waals surface area contributed by atoms with Crippen LogP contribution in [0.1, 0.15) is 46.5 Å². The Hall–Kier alpha value is -0.610. The molecular weight excluding hydrogens is 238 g/mol. The first-order valence-electron chi connectivity index (χ1n) is 7.71. The van der Waals surface area contributed by atoms with Crippen LogP contribution in [0.5, 0.6) is 0 Å². The summed E-state index contributed by atoms with van der Waals surface area (Å²) in [5.74, 6) is 0.877. The van der Waals surface area contributed by atoms with Gasteiger partial charge in [-0.05, 0) is 52.4 Å². The van der Waals surface area contributed by atoms with Crippen LogP contribution in [0.25, 0.3) is 0 Å². The number of nitrogens with two attached hydrogens (primary N) is 1. The third-order valence-corrected chi connectivity index (χ3v) is 5.08. The fraction of sp³-hybridized carbons (Fsp3) is 0.933. The molecule has 0 aromatic carbocycles. The number of likely N-dealkylation sites (N-methyl/N-ethyl adjacent to an activating group) is 1. The maximum absolute atomic E-state index is 12.7. The van der Waals surface area contributed by atoms with Crippen molar-refractivity contribution in [3.63, 3.8) is 0 Å². The highest BCUT2D eigenvalue weighted by atomic mass is 16.2. The van der Waals surface area contributed by atoms with E-state index in [4.69, 9.17) is 5.73 Å². The molecule has 4 heteroatoms. The van der Waals surface area contributed by atoms with Gasteiger partial charge >= 0.3 is 0 Å². The first-order chi connectivity index (χ1) is 8.97. The van der Waals surface area contributed by atoms with Crippen molar-refractivity contribution in [2.24, 2.45) is 11.7 Å². The number of carbonyl (C=O) groups excluding carboxylic acids is 1. The first kappa shape index (κ1) is 14.8. The molecule has 0 radical (unpaired) electrons. The molecule has 4 atom stereocenters. The van der Waals surface area contributed by atoms with E-state index >= 15 is 0 Å². The molecule has 1 amide bonds. The molecule has 2 aliphatic rings. The Kier molecular flexibility index (Phi) is 4.51. The second-order valence-corrected chi connectivity index (χ2v) is 6.49. The highest BCUT2D eigenvalue weighted by Gasteiger charge is 2.39. The molecule has 0 aromatic heterocycles. The predicted octanol–water partition coefficient (Wildman–Crippen LogP) is 1.44. The minimum Gasteiger partial charge on any atom is -0.340 e. The summed E-state index contributed by atoms with van der Waals surface area (Å²) in [4.78, 5) is 17.0. The molecule has 1 aliphatic heterocycles. The molecule has 1 heterocycles. The van der Waals surface area contributed by atoms with Gasteiger partial charge in [0, 0.05) is 31.7 Å². The zero-order valence-corrected chi connectivity index (χ0v) is 12.8. The molecule has 110 valence electrons. The lowest BCUT2D eigenvalue weighted by Gasteiger charge is -2.36. The monoisotopic (exact) mass is 267 g/mol. The summed E-state index contributed by atoms with van der Waals surface area (Å²) in [6.45, 7) is 7.10. The van der Waals surface area contributed by atoms with E-state index in [1.807, 2.05) is 11.9 Å². The lowest BCUT2D eigenvalue weighted by atomic mass is 10.1. The highest BCUT2D eigenvalue weighted by molar-refractivity contribution is 5.81. The number of likely N-dealkylation sites (tertiary alicyclic amines) is 1. The maximum Gasteiger partial charge on any atom is 0.239 e. The van der Waals surface area contributed by atoms with Crippen molar-refractivity contribution in [3.05, 3.63) is 0 Å². The van der Waals surface area contributed by atoms with Crippen molar-refractivity contribution in [3.8, 4) is 0 Å². The minimum absolute atomic E-state index is 0.0229. The van der Waals surface area contributed by atoms with E-state index in [0.717, 1.165) is 0 Å². The molecular formula is C15H29N3O. The Labute approximate surface area is 117 Å². The number of carbonyl (C=O) groups is 1. The van der Waals surface area contributed by atoms with Gasteiger partial charge in [0.05, 0.1) is 6.04 Å². The molecule has 2 N–H and O–H groups in total. The SMILES string of the molecule is CC1CCC(C)N1C(C)C(=O)N(C)C(CN)C1CC1. The van der Waals surface area contributed by atoms with E-state index in [9.17, 15) is 4.79 Å². The van der Waals surface area contributed by atoms with Crippen LogP contribution in [0.15, 0.2) is 0 Å². The predicted molar refractivity (Wildman–Crippen MR) is 77.8 cm³/mol. The normalized spacial score (nSPS) is 31.2. The zero-order valence-electron chi connectivity index (χ0n) is 12.8. The molecule has 2 rings (SSSR count). The summed E-state index contributed by atoms with van der Waals surface area (Å²) in [7, 11) is 1.93. The number of nitrogens with zero attached hydrogens (tertiary/aromatic N) is 2. The summed E-state index contributed by atoms with van der Waals surface area (Å²) in [5.41, 5.74) is 5.85. The van der Waals surface area contributed by atoms with Crippen molar-refractivity contribution in [1.82, 2.24) is 9.80 Å². The van der Waals surface area contributed by atoms with Crippen LogP contribution < -0.4 is 5.73 Å². The largest absolute Gasteiger partial charge is 0.340 e. The lowest BCUT2D eigenvalue weighted by molar-refractivity contribution is -0.138. The molecule has 2 fully saturated rings. The Morgan fingerprint density at radius 2 is 1.79 bits per heavy atom. The molecule has 1 aliphatic carbocycles. The second-order valence-electron chi connectivity index (χ2n) is 6.49. The number of rotatable bonds is 5. The lowest BCUT2D eigenvalue weighted by Crippen LogP contribution is -2.53. The van der Waals surface area contributed by atoms with Crippen molar-refractivity contribution >= 4 is 5.91 Å². The van der Waals surface area contributed by atoms with Crippen molar-refractivity contribution in [2.45, 2.75) is 70.6 Å². The van der Waals surface area contributed by atoms with Crippen LogP contribution in [-0.2, 0) is 4.79 Å². The smallest absolute Gasteiger partial charge is 0.239 e. The van der Waals surface area contributed by atoms with Gasteiger partial charge in [0.15, 0.2) is 0 Å². The fourth-order valence-electron chi connectivity index (χ4n) is 3.71. The van der Waals surface area contributed by atoms with Crippen LogP contribution >= 0.6 is 0 Å². The Morgan fingerprint density at radius 1 is 1.26 bits per heavy atom. The van der Waals surface area contributed by atoms with Gasteiger partial charge in [-0.25, -0.2) is 0 Å². The average Bonchev–Trinajstić information content (AvgIpc) is 3.15. The average molecular weight is 267 g/mol. The summed E-state index contributed by atoms with van der Waals surface area (Å²) in [6, 6.07) is 1.24. The van der Waals surface area contributed by atoms with E-state index in [-0.39, 0.29) is 18.0 Å². The van der Waals surface area contributed by atoms with Crippen LogP contribution in [-0.4, -0.2) is 53.5 Å². The van der Waals surface area contributed by atoms with Crippen molar-refractivity contribution in [2.75, 3.05) is 13.6 Å². The third-order valence-electron chi connectivity index (χ3n) is 5.08. The van der Waals surface area contributed by atoms with Crippen LogP contribution in [0.3, 0.4) is 0 Å². The molecule has 1 saturated heterocycles. The Balaban J connectivity index is 2.01. The van der Waals surface area contributed by atoms with Crippen LogP contribution in [0, 0.1) is 5.92 Å². The molecule has 4 nitrogen and oxygen atoms in total. The van der Waals surface area contributed by atoms with Crippen molar-refractivity contribution < 1.29 is 4.79 Å². The molecule has 0 aromatic rings.